The Hall–Kier alpha value is -3.35. The molecule has 7 heteroatoms. The van der Waals surface area contributed by atoms with E-state index >= 15 is 0 Å². The lowest BCUT2D eigenvalue weighted by molar-refractivity contribution is -0.144. The summed E-state index contributed by atoms with van der Waals surface area (Å²) in [6.45, 7) is 2.36. The van der Waals surface area contributed by atoms with E-state index in [0.717, 1.165) is 63.8 Å². The lowest BCUT2D eigenvalue weighted by atomic mass is 9.84. The third kappa shape index (κ3) is 6.45. The molecule has 1 saturated heterocycles. The first-order valence-electron chi connectivity index (χ1n) is 13.2. The fourth-order valence-corrected chi connectivity index (χ4v) is 5.68. The molecular weight excluding hydrogens is 452 g/mol. The molecule has 4 N–H and O–H groups in total. The number of aryl methyl sites for hydroxylation is 1. The van der Waals surface area contributed by atoms with E-state index in [-0.39, 0.29) is 29.6 Å². The zero-order chi connectivity index (χ0) is 25.5. The van der Waals surface area contributed by atoms with Crippen LogP contribution in [-0.2, 0) is 16.0 Å². The van der Waals surface area contributed by atoms with Crippen LogP contribution in [-0.4, -0.2) is 53.4 Å². The highest BCUT2D eigenvalue weighted by molar-refractivity contribution is 5.95. The summed E-state index contributed by atoms with van der Waals surface area (Å²) in [6.07, 6.45) is 6.32. The van der Waals surface area contributed by atoms with Crippen molar-refractivity contribution in [1.82, 2.24) is 4.90 Å². The molecule has 1 aliphatic heterocycles. The molecule has 1 saturated carbocycles. The average Bonchev–Trinajstić information content (AvgIpc) is 2.91. The molecule has 192 valence electrons. The van der Waals surface area contributed by atoms with Gasteiger partial charge in [0.1, 0.15) is 5.84 Å². The first-order chi connectivity index (χ1) is 17.4. The van der Waals surface area contributed by atoms with Crippen molar-refractivity contribution < 1.29 is 14.7 Å². The second-order valence-electron chi connectivity index (χ2n) is 10.2. The minimum absolute atomic E-state index is 0.00617. The van der Waals surface area contributed by atoms with Gasteiger partial charge in [0.25, 0.3) is 0 Å². The van der Waals surface area contributed by atoms with Crippen LogP contribution in [0.3, 0.4) is 0 Å². The Bertz CT molecular complexity index is 1020. The SMILES string of the molecule is N=C(N)c1ccc(N2CCC(C(=O)N(CCCc3ccccc3)C3CCC(C(=O)O)CC3)CC2)cc1. The number of carboxylic acid groups (broad SMARTS) is 1. The number of rotatable bonds is 9. The van der Waals surface area contributed by atoms with Gasteiger partial charge in [-0.3, -0.25) is 15.0 Å². The van der Waals surface area contributed by atoms with Crippen molar-refractivity contribution in [2.24, 2.45) is 17.6 Å². The van der Waals surface area contributed by atoms with Gasteiger partial charge in [0, 0.05) is 42.8 Å². The summed E-state index contributed by atoms with van der Waals surface area (Å²) in [5, 5.41) is 17.0. The minimum atomic E-state index is -0.709. The standard InChI is InChI=1S/C29H38N4O3/c30-27(31)22-8-12-25(13-9-22)32-19-16-23(17-20-32)28(34)33(18-4-7-21-5-2-1-3-6-21)26-14-10-24(11-15-26)29(35)36/h1-3,5-6,8-9,12-13,23-24,26H,4,7,10-11,14-20H2,(H3,30,31)(H,35,36). The summed E-state index contributed by atoms with van der Waals surface area (Å²) >= 11 is 0. The second kappa shape index (κ2) is 12.1. The van der Waals surface area contributed by atoms with Gasteiger partial charge in [0.05, 0.1) is 5.92 Å². The largest absolute Gasteiger partial charge is 0.481 e. The molecule has 0 bridgehead atoms. The van der Waals surface area contributed by atoms with E-state index in [1.807, 2.05) is 42.5 Å². The molecule has 2 fully saturated rings. The van der Waals surface area contributed by atoms with Gasteiger partial charge in [-0.15, -0.1) is 0 Å². The quantitative estimate of drug-likeness (QED) is 0.359. The van der Waals surface area contributed by atoms with Crippen LogP contribution in [0.1, 0.15) is 56.1 Å². The molecule has 2 aliphatic rings. The highest BCUT2D eigenvalue weighted by atomic mass is 16.4. The topological polar surface area (TPSA) is 111 Å². The van der Waals surface area contributed by atoms with Crippen molar-refractivity contribution in [3.05, 3.63) is 65.7 Å². The van der Waals surface area contributed by atoms with Gasteiger partial charge in [-0.05, 0) is 81.2 Å². The molecule has 7 nitrogen and oxygen atoms in total. The third-order valence-corrected chi connectivity index (χ3v) is 7.86. The molecule has 4 rings (SSSR count). The van der Waals surface area contributed by atoms with Crippen molar-refractivity contribution in [2.45, 2.75) is 57.4 Å². The molecule has 1 heterocycles. The highest BCUT2D eigenvalue weighted by Crippen LogP contribution is 2.31. The number of carbonyl (C=O) groups excluding carboxylic acids is 1. The van der Waals surface area contributed by atoms with E-state index in [4.69, 9.17) is 11.1 Å². The van der Waals surface area contributed by atoms with Crippen LogP contribution in [0, 0.1) is 17.2 Å². The fourth-order valence-electron chi connectivity index (χ4n) is 5.68. The van der Waals surface area contributed by atoms with Crippen LogP contribution < -0.4 is 10.6 Å². The maximum absolute atomic E-state index is 13.8. The molecule has 1 aliphatic carbocycles. The Balaban J connectivity index is 1.37. The lowest BCUT2D eigenvalue weighted by Gasteiger charge is -2.40. The molecule has 2 aromatic rings. The van der Waals surface area contributed by atoms with Crippen molar-refractivity contribution >= 4 is 23.4 Å². The van der Waals surface area contributed by atoms with Crippen LogP contribution in [0.5, 0.6) is 0 Å². The molecule has 0 aromatic heterocycles. The first-order valence-corrected chi connectivity index (χ1v) is 13.2. The number of nitrogens with one attached hydrogen (secondary N) is 1. The monoisotopic (exact) mass is 490 g/mol. The van der Waals surface area contributed by atoms with Gasteiger partial charge in [-0.25, -0.2) is 0 Å². The molecule has 0 atom stereocenters. The lowest BCUT2D eigenvalue weighted by Crippen LogP contribution is -2.48. The number of benzene rings is 2. The van der Waals surface area contributed by atoms with Gasteiger partial charge in [-0.2, -0.15) is 0 Å². The number of nitrogen functional groups attached to an aromatic ring is 1. The van der Waals surface area contributed by atoms with Crippen LogP contribution in [0.15, 0.2) is 54.6 Å². The zero-order valence-corrected chi connectivity index (χ0v) is 20.9. The molecule has 0 unspecified atom stereocenters. The van der Waals surface area contributed by atoms with Gasteiger partial charge in [-0.1, -0.05) is 30.3 Å². The molecule has 1 amide bonds. The van der Waals surface area contributed by atoms with Crippen LogP contribution in [0.4, 0.5) is 5.69 Å². The number of amides is 1. The fraction of sp³-hybridized carbons (Fsp3) is 0.483. The van der Waals surface area contributed by atoms with Crippen LogP contribution in [0.25, 0.3) is 0 Å². The van der Waals surface area contributed by atoms with E-state index in [2.05, 4.69) is 21.9 Å². The van der Waals surface area contributed by atoms with E-state index in [1.165, 1.54) is 5.56 Å². The highest BCUT2D eigenvalue weighted by Gasteiger charge is 2.35. The average molecular weight is 491 g/mol. The summed E-state index contributed by atoms with van der Waals surface area (Å²) in [5.74, 6) is -0.671. The van der Waals surface area contributed by atoms with Gasteiger partial charge < -0.3 is 20.6 Å². The molecule has 2 aromatic carbocycles. The number of anilines is 1. The van der Waals surface area contributed by atoms with Crippen LogP contribution >= 0.6 is 0 Å². The predicted molar refractivity (Wildman–Crippen MR) is 142 cm³/mol. The second-order valence-corrected chi connectivity index (χ2v) is 10.2. The number of nitrogens with zero attached hydrogens (tertiary/aromatic N) is 2. The molecule has 0 spiro atoms. The van der Waals surface area contributed by atoms with E-state index in [9.17, 15) is 14.7 Å². The van der Waals surface area contributed by atoms with Crippen LogP contribution in [0.2, 0.25) is 0 Å². The number of hydrogen-bond acceptors (Lipinski definition) is 4. The summed E-state index contributed by atoms with van der Waals surface area (Å²) in [6, 6.07) is 18.2. The van der Waals surface area contributed by atoms with E-state index < -0.39 is 5.97 Å². The number of amidine groups is 1. The van der Waals surface area contributed by atoms with E-state index in [1.54, 1.807) is 0 Å². The van der Waals surface area contributed by atoms with Crippen molar-refractivity contribution in [3.8, 4) is 0 Å². The summed E-state index contributed by atoms with van der Waals surface area (Å²) in [7, 11) is 0. The summed E-state index contributed by atoms with van der Waals surface area (Å²) in [4.78, 5) is 29.6. The smallest absolute Gasteiger partial charge is 0.306 e. The number of piperidine rings is 1. The van der Waals surface area contributed by atoms with Gasteiger partial charge in [0.15, 0.2) is 0 Å². The van der Waals surface area contributed by atoms with Crippen molar-refractivity contribution in [2.75, 3.05) is 24.5 Å². The van der Waals surface area contributed by atoms with Crippen molar-refractivity contribution in [3.63, 3.8) is 0 Å². The maximum Gasteiger partial charge on any atom is 0.306 e. The van der Waals surface area contributed by atoms with Gasteiger partial charge in [0.2, 0.25) is 5.91 Å². The van der Waals surface area contributed by atoms with Crippen molar-refractivity contribution in [1.29, 1.82) is 5.41 Å². The number of carbonyl (C=O) groups is 2. The Morgan fingerprint density at radius 3 is 2.14 bits per heavy atom. The van der Waals surface area contributed by atoms with Gasteiger partial charge >= 0.3 is 5.97 Å². The molecular formula is C29H38N4O3. The molecule has 0 radical (unpaired) electrons. The zero-order valence-electron chi connectivity index (χ0n) is 20.9. The minimum Gasteiger partial charge on any atom is -0.481 e. The molecule has 36 heavy (non-hydrogen) atoms. The number of hydrogen-bond donors (Lipinski definition) is 3. The Kier molecular flexibility index (Phi) is 8.62. The Morgan fingerprint density at radius 1 is 0.917 bits per heavy atom. The maximum atomic E-state index is 13.8. The van der Waals surface area contributed by atoms with E-state index in [0.29, 0.717) is 18.4 Å². The third-order valence-electron chi connectivity index (χ3n) is 7.86. The first kappa shape index (κ1) is 25.7. The summed E-state index contributed by atoms with van der Waals surface area (Å²) in [5.41, 5.74) is 8.66. The predicted octanol–water partition coefficient (Wildman–Crippen LogP) is 4.29. The number of carboxylic acids is 1. The Morgan fingerprint density at radius 2 is 1.56 bits per heavy atom. The summed E-state index contributed by atoms with van der Waals surface area (Å²) < 4.78 is 0. The number of nitrogens with two attached hydrogens (primary N) is 1. The Labute approximate surface area is 213 Å². The number of aliphatic carboxylic acids is 1. The normalized spacial score (nSPS) is 20.6.